The van der Waals surface area contributed by atoms with Crippen LogP contribution in [0.5, 0.6) is 0 Å². The highest BCUT2D eigenvalue weighted by Crippen LogP contribution is 2.26. The van der Waals surface area contributed by atoms with Crippen molar-refractivity contribution in [2.24, 2.45) is 0 Å². The lowest BCUT2D eigenvalue weighted by Gasteiger charge is -2.23. The molecule has 0 bridgehead atoms. The lowest BCUT2D eigenvalue weighted by atomic mass is 9.99. The lowest BCUT2D eigenvalue weighted by Crippen LogP contribution is -2.26. The molecule has 2 aromatic heterocycles. The number of nitrogens with zero attached hydrogens (tertiary/aromatic N) is 2. The van der Waals surface area contributed by atoms with Crippen molar-refractivity contribution in [2.45, 2.75) is 45.4 Å². The molecule has 0 fully saturated rings. The second kappa shape index (κ2) is 5.81. The third-order valence-electron chi connectivity index (χ3n) is 3.81. The second-order valence-electron chi connectivity index (χ2n) is 5.43. The number of aryl methyl sites for hydroxylation is 2. The van der Waals surface area contributed by atoms with Gasteiger partial charge in [0.25, 0.3) is 0 Å². The van der Waals surface area contributed by atoms with Gasteiger partial charge in [0.2, 0.25) is 0 Å². The number of aromatic nitrogens is 2. The van der Waals surface area contributed by atoms with Crippen molar-refractivity contribution in [3.8, 4) is 0 Å². The molecular weight excluding hydrogens is 254 g/mol. The molecule has 5 heteroatoms. The number of aliphatic hydroxyl groups is 1. The summed E-state index contributed by atoms with van der Waals surface area (Å²) in [7, 11) is 0. The number of imidazole rings is 1. The second-order valence-corrected chi connectivity index (χ2v) is 5.43. The molecular formula is C15H21N3O2. The molecule has 20 heavy (non-hydrogen) atoms. The lowest BCUT2D eigenvalue weighted by molar-refractivity contribution is 0.242. The molecule has 0 saturated heterocycles. The fourth-order valence-electron chi connectivity index (χ4n) is 2.87. The van der Waals surface area contributed by atoms with Gasteiger partial charge in [-0.3, -0.25) is 0 Å². The van der Waals surface area contributed by atoms with Crippen LogP contribution in [0.1, 0.15) is 41.8 Å². The highest BCUT2D eigenvalue weighted by molar-refractivity contribution is 5.10. The summed E-state index contributed by atoms with van der Waals surface area (Å²) in [6.07, 6.45) is 4.54. The first kappa shape index (κ1) is 13.4. The predicted molar refractivity (Wildman–Crippen MR) is 75.3 cm³/mol. The minimum Gasteiger partial charge on any atom is -0.462 e. The first-order valence-corrected chi connectivity index (χ1v) is 7.19. The van der Waals surface area contributed by atoms with E-state index in [1.807, 2.05) is 12.1 Å². The maximum absolute atomic E-state index is 8.97. The van der Waals surface area contributed by atoms with Gasteiger partial charge in [-0.25, -0.2) is 4.98 Å². The largest absolute Gasteiger partial charge is 0.462 e. The average molecular weight is 275 g/mol. The quantitative estimate of drug-likeness (QED) is 0.875. The van der Waals surface area contributed by atoms with Gasteiger partial charge in [-0.05, 0) is 31.9 Å². The predicted octanol–water partition coefficient (Wildman–Crippen LogP) is 1.94. The van der Waals surface area contributed by atoms with Crippen LogP contribution < -0.4 is 5.32 Å². The summed E-state index contributed by atoms with van der Waals surface area (Å²) in [6.45, 7) is 4.70. The molecule has 5 nitrogen and oxygen atoms in total. The van der Waals surface area contributed by atoms with Crippen LogP contribution >= 0.6 is 0 Å². The molecule has 1 unspecified atom stereocenters. The Bertz CT molecular complexity index is 573. The summed E-state index contributed by atoms with van der Waals surface area (Å²) in [5.41, 5.74) is 1.10. The Hall–Kier alpha value is -1.59. The minimum atomic E-state index is -0.0423. The fraction of sp³-hybridized carbons (Fsp3) is 0.533. The van der Waals surface area contributed by atoms with Crippen LogP contribution in [0.2, 0.25) is 0 Å². The number of hydrogen-bond acceptors (Lipinski definition) is 4. The molecule has 0 radical (unpaired) electrons. The maximum atomic E-state index is 8.97. The van der Waals surface area contributed by atoms with E-state index in [1.54, 1.807) is 0 Å². The highest BCUT2D eigenvalue weighted by Gasteiger charge is 2.21. The Kier molecular flexibility index (Phi) is 3.89. The first-order valence-electron chi connectivity index (χ1n) is 7.19. The number of aliphatic hydroxyl groups excluding tert-OH is 1. The molecule has 0 aliphatic carbocycles. The van der Waals surface area contributed by atoms with E-state index in [9.17, 15) is 0 Å². The first-order chi connectivity index (χ1) is 9.76. The Morgan fingerprint density at radius 2 is 2.30 bits per heavy atom. The fourth-order valence-corrected chi connectivity index (χ4v) is 2.87. The summed E-state index contributed by atoms with van der Waals surface area (Å²) >= 11 is 0. The van der Waals surface area contributed by atoms with Gasteiger partial charge in [0.1, 0.15) is 24.0 Å². The SMILES string of the molecule is Cc1cn2c(n1)C(CNCc1ccc(CO)o1)CCC2. The van der Waals surface area contributed by atoms with Gasteiger partial charge in [0.15, 0.2) is 0 Å². The van der Waals surface area contributed by atoms with Crippen LogP contribution in [0.3, 0.4) is 0 Å². The molecule has 2 N–H and O–H groups in total. The maximum Gasteiger partial charge on any atom is 0.129 e. The minimum absolute atomic E-state index is 0.0423. The molecule has 0 aromatic carbocycles. The van der Waals surface area contributed by atoms with Crippen LogP contribution in [-0.2, 0) is 19.7 Å². The van der Waals surface area contributed by atoms with Crippen molar-refractivity contribution in [1.82, 2.24) is 14.9 Å². The molecule has 0 amide bonds. The van der Waals surface area contributed by atoms with Gasteiger partial charge in [-0.15, -0.1) is 0 Å². The molecule has 1 aliphatic rings. The normalized spacial score (nSPS) is 18.2. The van der Waals surface area contributed by atoms with E-state index >= 15 is 0 Å². The number of nitrogens with one attached hydrogen (secondary N) is 1. The summed E-state index contributed by atoms with van der Waals surface area (Å²) in [6, 6.07) is 3.72. The van der Waals surface area contributed by atoms with Crippen molar-refractivity contribution in [3.63, 3.8) is 0 Å². The molecule has 0 saturated carbocycles. The summed E-state index contributed by atoms with van der Waals surface area (Å²) in [5, 5.41) is 12.4. The Balaban J connectivity index is 1.56. The van der Waals surface area contributed by atoms with Gasteiger partial charge < -0.3 is 19.4 Å². The van der Waals surface area contributed by atoms with Crippen molar-refractivity contribution in [2.75, 3.05) is 6.54 Å². The van der Waals surface area contributed by atoms with E-state index in [2.05, 4.69) is 28.0 Å². The zero-order chi connectivity index (χ0) is 13.9. The summed E-state index contributed by atoms with van der Waals surface area (Å²) in [5.74, 6) is 3.16. The van der Waals surface area contributed by atoms with Crippen molar-refractivity contribution < 1.29 is 9.52 Å². The smallest absolute Gasteiger partial charge is 0.129 e. The van der Waals surface area contributed by atoms with Crippen LogP contribution in [0.25, 0.3) is 0 Å². The monoisotopic (exact) mass is 275 g/mol. The Labute approximate surface area is 118 Å². The van der Waals surface area contributed by atoms with Crippen LogP contribution in [-0.4, -0.2) is 21.2 Å². The Morgan fingerprint density at radius 1 is 1.45 bits per heavy atom. The van der Waals surface area contributed by atoms with Gasteiger partial charge in [-0.1, -0.05) is 0 Å². The van der Waals surface area contributed by atoms with E-state index in [1.165, 1.54) is 18.7 Å². The van der Waals surface area contributed by atoms with Crippen LogP contribution in [0.15, 0.2) is 22.7 Å². The number of fused-ring (bicyclic) bond motifs is 1. The molecule has 2 aromatic rings. The van der Waals surface area contributed by atoms with Gasteiger partial charge in [-0.2, -0.15) is 0 Å². The van der Waals surface area contributed by atoms with Crippen molar-refractivity contribution >= 4 is 0 Å². The molecule has 108 valence electrons. The zero-order valence-electron chi connectivity index (χ0n) is 11.8. The van der Waals surface area contributed by atoms with E-state index in [0.717, 1.165) is 24.5 Å². The number of furan rings is 1. The van der Waals surface area contributed by atoms with Crippen LogP contribution in [0.4, 0.5) is 0 Å². The Morgan fingerprint density at radius 3 is 3.10 bits per heavy atom. The standard InChI is InChI=1S/C15H21N3O2/c1-11-9-18-6-2-3-12(15(18)17-11)7-16-8-13-4-5-14(10-19)20-13/h4-5,9,12,16,19H,2-3,6-8,10H2,1H3. The summed E-state index contributed by atoms with van der Waals surface area (Å²) < 4.78 is 7.74. The van der Waals surface area contributed by atoms with E-state index < -0.39 is 0 Å². The topological polar surface area (TPSA) is 63.2 Å². The molecule has 0 spiro atoms. The van der Waals surface area contributed by atoms with E-state index in [-0.39, 0.29) is 6.61 Å². The average Bonchev–Trinajstić information content (AvgIpc) is 3.04. The van der Waals surface area contributed by atoms with Crippen molar-refractivity contribution in [3.05, 3.63) is 41.4 Å². The number of rotatable bonds is 5. The van der Waals surface area contributed by atoms with Gasteiger partial charge in [0.05, 0.1) is 12.2 Å². The molecule has 3 heterocycles. The third kappa shape index (κ3) is 2.78. The van der Waals surface area contributed by atoms with E-state index in [4.69, 9.17) is 9.52 Å². The zero-order valence-corrected chi connectivity index (χ0v) is 11.8. The van der Waals surface area contributed by atoms with E-state index in [0.29, 0.717) is 18.2 Å². The third-order valence-corrected chi connectivity index (χ3v) is 3.81. The summed E-state index contributed by atoms with van der Waals surface area (Å²) in [4.78, 5) is 4.64. The highest BCUT2D eigenvalue weighted by atomic mass is 16.4. The van der Waals surface area contributed by atoms with Crippen LogP contribution in [0, 0.1) is 6.92 Å². The van der Waals surface area contributed by atoms with Gasteiger partial charge >= 0.3 is 0 Å². The number of hydrogen-bond donors (Lipinski definition) is 2. The molecule has 3 rings (SSSR count). The molecule has 1 aliphatic heterocycles. The van der Waals surface area contributed by atoms with Gasteiger partial charge in [0, 0.05) is 25.2 Å². The van der Waals surface area contributed by atoms with Crippen molar-refractivity contribution in [1.29, 1.82) is 0 Å². The molecule has 1 atom stereocenters.